The molecule has 0 spiro atoms. The summed E-state index contributed by atoms with van der Waals surface area (Å²) in [7, 11) is 0. The van der Waals surface area contributed by atoms with E-state index in [-0.39, 0.29) is 6.03 Å². The first-order chi connectivity index (χ1) is 12.7. The number of urea groups is 1. The monoisotopic (exact) mass is 349 g/mol. The number of hydrogen-bond donors (Lipinski definition) is 3. The number of aromatic nitrogens is 2. The Balaban J connectivity index is 1.44. The molecule has 3 aromatic rings. The van der Waals surface area contributed by atoms with Gasteiger partial charge in [-0.15, -0.1) is 0 Å². The third-order valence-corrected chi connectivity index (χ3v) is 4.00. The van der Waals surface area contributed by atoms with Gasteiger partial charge in [-0.3, -0.25) is 4.98 Å². The second kappa shape index (κ2) is 8.80. The van der Waals surface area contributed by atoms with E-state index < -0.39 is 0 Å². The van der Waals surface area contributed by atoms with Crippen LogP contribution < -0.4 is 16.0 Å². The first kappa shape index (κ1) is 17.7. The molecular weight excluding hydrogens is 326 g/mol. The van der Waals surface area contributed by atoms with E-state index in [0.717, 1.165) is 35.2 Å². The lowest BCUT2D eigenvalue weighted by Gasteiger charge is -2.09. The van der Waals surface area contributed by atoms with Crippen LogP contribution in [0.3, 0.4) is 0 Å². The Hall–Kier alpha value is -3.15. The van der Waals surface area contributed by atoms with Gasteiger partial charge in [0.15, 0.2) is 0 Å². The van der Waals surface area contributed by atoms with Gasteiger partial charge in [0.1, 0.15) is 5.82 Å². The summed E-state index contributed by atoms with van der Waals surface area (Å²) in [6.45, 7) is 3.88. The molecule has 0 aliphatic heterocycles. The summed E-state index contributed by atoms with van der Waals surface area (Å²) in [4.78, 5) is 20.5. The third kappa shape index (κ3) is 4.92. The fraction of sp³-hybridized carbons (Fsp3) is 0.250. The van der Waals surface area contributed by atoms with E-state index in [1.165, 1.54) is 5.56 Å². The SMILES string of the molecule is CCNc1cc(CNC(=O)NCCc2ccc3ncccc3c2)ccn1. The molecule has 6 nitrogen and oxygen atoms in total. The molecule has 0 atom stereocenters. The van der Waals surface area contributed by atoms with Crippen LogP contribution in [0.5, 0.6) is 0 Å². The molecule has 0 unspecified atom stereocenters. The van der Waals surface area contributed by atoms with Crippen LogP contribution in [0.15, 0.2) is 54.9 Å². The fourth-order valence-corrected chi connectivity index (χ4v) is 2.71. The van der Waals surface area contributed by atoms with Gasteiger partial charge in [0, 0.05) is 37.4 Å². The molecule has 0 aliphatic carbocycles. The Bertz CT molecular complexity index is 881. The van der Waals surface area contributed by atoms with E-state index in [4.69, 9.17) is 0 Å². The molecule has 3 N–H and O–H groups in total. The predicted molar refractivity (Wildman–Crippen MR) is 104 cm³/mol. The van der Waals surface area contributed by atoms with Crippen LogP contribution >= 0.6 is 0 Å². The zero-order valence-electron chi connectivity index (χ0n) is 14.8. The molecule has 6 heteroatoms. The number of anilines is 1. The van der Waals surface area contributed by atoms with Crippen molar-refractivity contribution in [1.29, 1.82) is 0 Å². The van der Waals surface area contributed by atoms with Crippen molar-refractivity contribution in [1.82, 2.24) is 20.6 Å². The van der Waals surface area contributed by atoms with E-state index in [2.05, 4.69) is 32.0 Å². The van der Waals surface area contributed by atoms with Crippen molar-refractivity contribution >= 4 is 22.8 Å². The lowest BCUT2D eigenvalue weighted by molar-refractivity contribution is 0.240. The number of fused-ring (bicyclic) bond motifs is 1. The molecule has 134 valence electrons. The van der Waals surface area contributed by atoms with Gasteiger partial charge in [-0.25, -0.2) is 9.78 Å². The Kier molecular flexibility index (Phi) is 5.98. The molecule has 26 heavy (non-hydrogen) atoms. The number of amides is 2. The van der Waals surface area contributed by atoms with E-state index in [1.54, 1.807) is 12.4 Å². The van der Waals surface area contributed by atoms with E-state index >= 15 is 0 Å². The molecule has 0 saturated carbocycles. The quantitative estimate of drug-likeness (QED) is 0.612. The Morgan fingerprint density at radius 1 is 1.00 bits per heavy atom. The second-order valence-corrected chi connectivity index (χ2v) is 5.97. The van der Waals surface area contributed by atoms with Crippen molar-refractivity contribution in [2.75, 3.05) is 18.4 Å². The maximum atomic E-state index is 12.0. The Morgan fingerprint density at radius 3 is 2.81 bits per heavy atom. The van der Waals surface area contributed by atoms with Crippen LogP contribution in [0, 0.1) is 0 Å². The number of nitrogens with zero attached hydrogens (tertiary/aromatic N) is 2. The normalized spacial score (nSPS) is 10.5. The van der Waals surface area contributed by atoms with E-state index in [0.29, 0.717) is 13.1 Å². The third-order valence-electron chi connectivity index (χ3n) is 4.00. The summed E-state index contributed by atoms with van der Waals surface area (Å²) in [6, 6.07) is 13.8. The van der Waals surface area contributed by atoms with Crippen LogP contribution in [0.2, 0.25) is 0 Å². The van der Waals surface area contributed by atoms with Gasteiger partial charge in [-0.2, -0.15) is 0 Å². The van der Waals surface area contributed by atoms with E-state index in [1.807, 2.05) is 43.3 Å². The number of hydrogen-bond acceptors (Lipinski definition) is 4. The highest BCUT2D eigenvalue weighted by Gasteiger charge is 2.02. The second-order valence-electron chi connectivity index (χ2n) is 5.97. The number of nitrogens with one attached hydrogen (secondary N) is 3. The standard InChI is InChI=1S/C20H23N5O/c1-2-21-19-13-16(8-10-23-19)14-25-20(26)24-11-7-15-5-6-18-17(12-15)4-3-9-22-18/h3-6,8-10,12-13H,2,7,11,14H2,1H3,(H,21,23)(H2,24,25,26). The molecule has 0 fully saturated rings. The van der Waals surface area contributed by atoms with Gasteiger partial charge >= 0.3 is 6.03 Å². The van der Waals surface area contributed by atoms with Gasteiger partial charge in [0.25, 0.3) is 0 Å². The van der Waals surface area contributed by atoms with Crippen molar-refractivity contribution in [2.45, 2.75) is 19.9 Å². The summed E-state index contributed by atoms with van der Waals surface area (Å²) in [6.07, 6.45) is 4.30. The summed E-state index contributed by atoms with van der Waals surface area (Å²) >= 11 is 0. The van der Waals surface area contributed by atoms with Crippen LogP contribution in [-0.4, -0.2) is 29.1 Å². The minimum atomic E-state index is -0.172. The molecule has 2 aromatic heterocycles. The average molecular weight is 349 g/mol. The Labute approximate surface area is 153 Å². The number of carbonyl (C=O) groups excluding carboxylic acids is 1. The minimum absolute atomic E-state index is 0.172. The van der Waals surface area contributed by atoms with Gasteiger partial charge in [0.05, 0.1) is 5.52 Å². The first-order valence-corrected chi connectivity index (χ1v) is 8.79. The number of rotatable bonds is 7. The van der Waals surface area contributed by atoms with Crippen molar-refractivity contribution in [2.24, 2.45) is 0 Å². The Morgan fingerprint density at radius 2 is 1.92 bits per heavy atom. The molecule has 0 aliphatic rings. The van der Waals surface area contributed by atoms with Crippen molar-refractivity contribution in [3.63, 3.8) is 0 Å². The molecule has 0 saturated heterocycles. The van der Waals surface area contributed by atoms with Gasteiger partial charge in [0.2, 0.25) is 0 Å². The highest BCUT2D eigenvalue weighted by Crippen LogP contribution is 2.13. The molecule has 0 bridgehead atoms. The van der Waals surface area contributed by atoms with Crippen LogP contribution in [0.1, 0.15) is 18.1 Å². The zero-order chi connectivity index (χ0) is 18.2. The largest absolute Gasteiger partial charge is 0.370 e. The highest BCUT2D eigenvalue weighted by atomic mass is 16.2. The van der Waals surface area contributed by atoms with Crippen LogP contribution in [0.4, 0.5) is 10.6 Å². The van der Waals surface area contributed by atoms with Crippen LogP contribution in [-0.2, 0) is 13.0 Å². The van der Waals surface area contributed by atoms with Gasteiger partial charge in [-0.05, 0) is 54.8 Å². The van der Waals surface area contributed by atoms with Crippen molar-refractivity contribution in [3.8, 4) is 0 Å². The summed E-state index contributed by atoms with van der Waals surface area (Å²) in [5.41, 5.74) is 3.17. The summed E-state index contributed by atoms with van der Waals surface area (Å²) < 4.78 is 0. The maximum Gasteiger partial charge on any atom is 0.315 e. The topological polar surface area (TPSA) is 78.9 Å². The van der Waals surface area contributed by atoms with E-state index in [9.17, 15) is 4.79 Å². The lowest BCUT2D eigenvalue weighted by Crippen LogP contribution is -2.36. The van der Waals surface area contributed by atoms with Crippen molar-refractivity contribution in [3.05, 3.63) is 66.0 Å². The lowest BCUT2D eigenvalue weighted by atomic mass is 10.1. The molecular formula is C20H23N5O. The molecule has 0 radical (unpaired) electrons. The number of pyridine rings is 2. The number of carbonyl (C=O) groups is 1. The maximum absolute atomic E-state index is 12.0. The predicted octanol–water partition coefficient (Wildman–Crippen LogP) is 3.10. The van der Waals surface area contributed by atoms with Gasteiger partial charge in [-0.1, -0.05) is 12.1 Å². The molecule has 3 rings (SSSR count). The summed E-state index contributed by atoms with van der Waals surface area (Å²) in [5.74, 6) is 0.818. The first-order valence-electron chi connectivity index (χ1n) is 8.79. The summed E-state index contributed by atoms with van der Waals surface area (Å²) in [5, 5.41) is 10.0. The average Bonchev–Trinajstić information content (AvgIpc) is 2.67. The van der Waals surface area contributed by atoms with Crippen LogP contribution in [0.25, 0.3) is 10.9 Å². The number of benzene rings is 1. The molecule has 2 heterocycles. The fourth-order valence-electron chi connectivity index (χ4n) is 2.71. The van der Waals surface area contributed by atoms with Crippen molar-refractivity contribution < 1.29 is 4.79 Å². The molecule has 1 aromatic carbocycles. The zero-order valence-corrected chi connectivity index (χ0v) is 14.8. The highest BCUT2D eigenvalue weighted by molar-refractivity contribution is 5.79. The smallest absolute Gasteiger partial charge is 0.315 e. The minimum Gasteiger partial charge on any atom is -0.370 e. The molecule has 2 amide bonds. The van der Waals surface area contributed by atoms with Gasteiger partial charge < -0.3 is 16.0 Å².